The molecule has 1 unspecified atom stereocenters. The van der Waals surface area contributed by atoms with E-state index in [2.05, 4.69) is 63.0 Å². The lowest BCUT2D eigenvalue weighted by Gasteiger charge is -2.09. The Labute approximate surface area is 97.0 Å². The molecule has 0 aromatic heterocycles. The van der Waals surface area contributed by atoms with E-state index < -0.39 is 0 Å². The van der Waals surface area contributed by atoms with Crippen molar-refractivity contribution in [2.75, 3.05) is 5.33 Å². The van der Waals surface area contributed by atoms with Crippen molar-refractivity contribution in [2.24, 2.45) is 0 Å². The Hall–Kier alpha value is 0.180. The van der Waals surface area contributed by atoms with E-state index in [-0.39, 0.29) is 0 Å². The topological polar surface area (TPSA) is 0 Å². The van der Waals surface area contributed by atoms with Crippen LogP contribution in [-0.2, 0) is 5.33 Å². The van der Waals surface area contributed by atoms with Gasteiger partial charge in [-0.2, -0.15) is 0 Å². The molecule has 1 rings (SSSR count). The molecule has 72 valence electrons. The Morgan fingerprint density at radius 2 is 1.77 bits per heavy atom. The fourth-order valence-corrected chi connectivity index (χ4v) is 2.33. The summed E-state index contributed by atoms with van der Waals surface area (Å²) in [5.41, 5.74) is 2.78. The summed E-state index contributed by atoms with van der Waals surface area (Å²) in [6.45, 7) is 2.27. The molecule has 0 heterocycles. The van der Waals surface area contributed by atoms with E-state index in [0.29, 0.717) is 5.92 Å². The zero-order valence-electron chi connectivity index (χ0n) is 7.76. The number of hydrogen-bond donors (Lipinski definition) is 0. The van der Waals surface area contributed by atoms with E-state index in [1.165, 1.54) is 17.5 Å². The predicted octanol–water partition coefficient (Wildman–Crippen LogP) is 4.47. The molecular formula is C11H14Br2. The zero-order chi connectivity index (χ0) is 9.68. The minimum atomic E-state index is 0.656. The monoisotopic (exact) mass is 304 g/mol. The van der Waals surface area contributed by atoms with Crippen LogP contribution in [0.3, 0.4) is 0 Å². The Kier molecular flexibility index (Phi) is 5.04. The molecule has 0 amide bonds. The van der Waals surface area contributed by atoms with Crippen LogP contribution in [0.5, 0.6) is 0 Å². The first-order chi connectivity index (χ1) is 6.27. The van der Waals surface area contributed by atoms with E-state index in [1.54, 1.807) is 0 Å². The number of halogens is 2. The van der Waals surface area contributed by atoms with E-state index in [1.807, 2.05) is 0 Å². The van der Waals surface area contributed by atoms with Crippen LogP contribution in [0, 0.1) is 0 Å². The van der Waals surface area contributed by atoms with Crippen LogP contribution >= 0.6 is 31.9 Å². The van der Waals surface area contributed by atoms with Crippen LogP contribution in [0.4, 0.5) is 0 Å². The SMILES string of the molecule is CC(CCBr)c1ccc(CBr)cc1. The summed E-state index contributed by atoms with van der Waals surface area (Å²) in [6.07, 6.45) is 1.20. The Bertz CT molecular complexity index is 241. The van der Waals surface area contributed by atoms with Crippen molar-refractivity contribution in [3.63, 3.8) is 0 Å². The lowest BCUT2D eigenvalue weighted by Crippen LogP contribution is -1.94. The second-order valence-electron chi connectivity index (χ2n) is 3.25. The van der Waals surface area contributed by atoms with Crippen molar-refractivity contribution in [2.45, 2.75) is 24.6 Å². The highest BCUT2D eigenvalue weighted by Gasteiger charge is 2.03. The predicted molar refractivity (Wildman–Crippen MR) is 65.9 cm³/mol. The molecule has 0 fully saturated rings. The van der Waals surface area contributed by atoms with Gasteiger partial charge in [-0.25, -0.2) is 0 Å². The minimum absolute atomic E-state index is 0.656. The molecule has 0 N–H and O–H groups in total. The van der Waals surface area contributed by atoms with Gasteiger partial charge in [0.05, 0.1) is 0 Å². The van der Waals surface area contributed by atoms with Crippen LogP contribution in [-0.4, -0.2) is 5.33 Å². The quantitative estimate of drug-likeness (QED) is 0.720. The Morgan fingerprint density at radius 1 is 1.15 bits per heavy atom. The van der Waals surface area contributed by atoms with E-state index in [0.717, 1.165) is 10.7 Å². The fourth-order valence-electron chi connectivity index (χ4n) is 1.27. The molecule has 2 heteroatoms. The van der Waals surface area contributed by atoms with Gasteiger partial charge in [-0.05, 0) is 23.5 Å². The third-order valence-electron chi connectivity index (χ3n) is 2.25. The van der Waals surface area contributed by atoms with E-state index >= 15 is 0 Å². The molecule has 1 aromatic rings. The highest BCUT2D eigenvalue weighted by atomic mass is 79.9. The molecular weight excluding hydrogens is 292 g/mol. The number of rotatable bonds is 4. The third-order valence-corrected chi connectivity index (χ3v) is 3.35. The van der Waals surface area contributed by atoms with Gasteiger partial charge in [0.15, 0.2) is 0 Å². The van der Waals surface area contributed by atoms with Crippen molar-refractivity contribution < 1.29 is 0 Å². The molecule has 0 aliphatic rings. The summed E-state index contributed by atoms with van der Waals surface area (Å²) in [5, 5.41) is 2.02. The summed E-state index contributed by atoms with van der Waals surface area (Å²) in [5.74, 6) is 0.656. The van der Waals surface area contributed by atoms with Crippen molar-refractivity contribution in [1.29, 1.82) is 0 Å². The molecule has 0 spiro atoms. The third kappa shape index (κ3) is 3.43. The van der Waals surface area contributed by atoms with Gasteiger partial charge >= 0.3 is 0 Å². The Balaban J connectivity index is 2.67. The maximum atomic E-state index is 3.47. The summed E-state index contributed by atoms with van der Waals surface area (Å²) in [7, 11) is 0. The normalized spacial score (nSPS) is 12.8. The average molecular weight is 306 g/mol. The van der Waals surface area contributed by atoms with Gasteiger partial charge in [0.25, 0.3) is 0 Å². The average Bonchev–Trinajstić information content (AvgIpc) is 2.18. The molecule has 1 aromatic carbocycles. The van der Waals surface area contributed by atoms with Crippen molar-refractivity contribution in [3.8, 4) is 0 Å². The lowest BCUT2D eigenvalue weighted by atomic mass is 9.98. The minimum Gasteiger partial charge on any atom is -0.0928 e. The second-order valence-corrected chi connectivity index (χ2v) is 4.61. The molecule has 1 atom stereocenters. The molecule has 0 bridgehead atoms. The van der Waals surface area contributed by atoms with Crippen LogP contribution in [0.2, 0.25) is 0 Å². The van der Waals surface area contributed by atoms with Gasteiger partial charge in [-0.3, -0.25) is 0 Å². The van der Waals surface area contributed by atoms with Crippen molar-refractivity contribution >= 4 is 31.9 Å². The summed E-state index contributed by atoms with van der Waals surface area (Å²) in [6, 6.07) is 8.83. The number of hydrogen-bond acceptors (Lipinski definition) is 0. The van der Waals surface area contributed by atoms with Crippen molar-refractivity contribution in [3.05, 3.63) is 35.4 Å². The molecule has 0 nitrogen and oxygen atoms in total. The molecule has 0 aliphatic carbocycles. The zero-order valence-corrected chi connectivity index (χ0v) is 10.9. The van der Waals surface area contributed by atoms with Crippen LogP contribution in [0.1, 0.15) is 30.4 Å². The maximum Gasteiger partial charge on any atom is 0.0283 e. The van der Waals surface area contributed by atoms with Crippen molar-refractivity contribution in [1.82, 2.24) is 0 Å². The fraction of sp³-hybridized carbons (Fsp3) is 0.455. The molecule has 13 heavy (non-hydrogen) atoms. The lowest BCUT2D eigenvalue weighted by molar-refractivity contribution is 0.744. The van der Waals surface area contributed by atoms with Gasteiger partial charge in [0, 0.05) is 10.7 Å². The Morgan fingerprint density at radius 3 is 2.23 bits per heavy atom. The number of alkyl halides is 2. The van der Waals surface area contributed by atoms with Crippen LogP contribution < -0.4 is 0 Å². The van der Waals surface area contributed by atoms with E-state index in [9.17, 15) is 0 Å². The van der Waals surface area contributed by atoms with Gasteiger partial charge in [0.1, 0.15) is 0 Å². The molecule has 0 radical (unpaired) electrons. The van der Waals surface area contributed by atoms with Gasteiger partial charge in [-0.15, -0.1) is 0 Å². The first-order valence-corrected chi connectivity index (χ1v) is 6.73. The van der Waals surface area contributed by atoms with Gasteiger partial charge in [0.2, 0.25) is 0 Å². The van der Waals surface area contributed by atoms with Crippen LogP contribution in [0.15, 0.2) is 24.3 Å². The van der Waals surface area contributed by atoms with Gasteiger partial charge in [-0.1, -0.05) is 63.0 Å². The first-order valence-electron chi connectivity index (χ1n) is 4.48. The first kappa shape index (κ1) is 11.3. The largest absolute Gasteiger partial charge is 0.0928 e. The highest BCUT2D eigenvalue weighted by Crippen LogP contribution is 2.20. The molecule has 0 saturated heterocycles. The maximum absolute atomic E-state index is 3.47. The standard InChI is InChI=1S/C11H14Br2/c1-9(6-7-12)11-4-2-10(8-13)3-5-11/h2-5,9H,6-8H2,1H3. The molecule has 0 aliphatic heterocycles. The molecule has 0 saturated carbocycles. The van der Waals surface area contributed by atoms with Gasteiger partial charge < -0.3 is 0 Å². The van der Waals surface area contributed by atoms with E-state index in [4.69, 9.17) is 0 Å². The summed E-state index contributed by atoms with van der Waals surface area (Å²) < 4.78 is 0. The van der Waals surface area contributed by atoms with Crippen LogP contribution in [0.25, 0.3) is 0 Å². The summed E-state index contributed by atoms with van der Waals surface area (Å²) >= 11 is 6.91. The summed E-state index contributed by atoms with van der Waals surface area (Å²) in [4.78, 5) is 0. The number of benzene rings is 1. The second kappa shape index (κ2) is 5.82. The smallest absolute Gasteiger partial charge is 0.0283 e. The highest BCUT2D eigenvalue weighted by molar-refractivity contribution is 9.09.